The lowest BCUT2D eigenvalue weighted by molar-refractivity contribution is -0.143. The number of thiazole rings is 1. The molecular formula is C11H16N2O4S. The van der Waals surface area contributed by atoms with Gasteiger partial charge in [0, 0.05) is 11.1 Å². The molecule has 0 aliphatic rings. The predicted octanol–water partition coefficient (Wildman–Crippen LogP) is 0.444. The van der Waals surface area contributed by atoms with E-state index in [4.69, 9.17) is 5.11 Å². The van der Waals surface area contributed by atoms with Crippen molar-refractivity contribution in [1.82, 2.24) is 9.88 Å². The summed E-state index contributed by atoms with van der Waals surface area (Å²) >= 11 is 1.02. The van der Waals surface area contributed by atoms with E-state index in [9.17, 15) is 14.4 Å². The smallest absolute Gasteiger partial charge is 0.326 e. The van der Waals surface area contributed by atoms with E-state index in [2.05, 4.69) is 5.32 Å². The molecule has 6 nitrogen and oxygen atoms in total. The van der Waals surface area contributed by atoms with Crippen LogP contribution >= 0.6 is 11.3 Å². The molecule has 0 radical (unpaired) electrons. The summed E-state index contributed by atoms with van der Waals surface area (Å²) in [6, 6.07) is -0.938. The van der Waals surface area contributed by atoms with E-state index in [1.54, 1.807) is 26.2 Å². The Hall–Kier alpha value is -1.63. The van der Waals surface area contributed by atoms with Gasteiger partial charge < -0.3 is 10.4 Å². The van der Waals surface area contributed by atoms with Gasteiger partial charge in [0.05, 0.1) is 0 Å². The van der Waals surface area contributed by atoms with Crippen molar-refractivity contribution in [2.24, 2.45) is 5.92 Å². The third-order valence-electron chi connectivity index (χ3n) is 2.53. The zero-order chi connectivity index (χ0) is 13.9. The number of amides is 1. The lowest BCUT2D eigenvalue weighted by atomic mass is 10.1. The fraction of sp³-hybridized carbons (Fsp3) is 0.545. The number of nitrogens with zero attached hydrogens (tertiary/aromatic N) is 1. The van der Waals surface area contributed by atoms with Gasteiger partial charge in [-0.2, -0.15) is 0 Å². The van der Waals surface area contributed by atoms with Crippen LogP contribution < -0.4 is 10.2 Å². The van der Waals surface area contributed by atoms with Crippen LogP contribution in [0.4, 0.5) is 0 Å². The fourth-order valence-corrected chi connectivity index (χ4v) is 2.21. The second kappa shape index (κ2) is 5.81. The minimum absolute atomic E-state index is 0.148. The largest absolute Gasteiger partial charge is 0.480 e. The van der Waals surface area contributed by atoms with Crippen LogP contribution in [0.1, 0.15) is 19.5 Å². The molecule has 1 unspecified atom stereocenters. The van der Waals surface area contributed by atoms with Gasteiger partial charge in [0.15, 0.2) is 0 Å². The number of aryl methyl sites for hydroxylation is 1. The van der Waals surface area contributed by atoms with Gasteiger partial charge in [0.2, 0.25) is 5.91 Å². The summed E-state index contributed by atoms with van der Waals surface area (Å²) in [6.07, 6.45) is 0. The van der Waals surface area contributed by atoms with Crippen LogP contribution in [0.25, 0.3) is 0 Å². The number of carbonyl (C=O) groups excluding carboxylic acids is 1. The molecule has 2 N–H and O–H groups in total. The highest BCUT2D eigenvalue weighted by molar-refractivity contribution is 7.07. The van der Waals surface area contributed by atoms with Crippen LogP contribution in [-0.2, 0) is 16.1 Å². The van der Waals surface area contributed by atoms with Gasteiger partial charge in [0.25, 0.3) is 0 Å². The highest BCUT2D eigenvalue weighted by Crippen LogP contribution is 2.03. The van der Waals surface area contributed by atoms with Crippen LogP contribution in [-0.4, -0.2) is 27.6 Å². The quantitative estimate of drug-likeness (QED) is 0.814. The summed E-state index contributed by atoms with van der Waals surface area (Å²) in [5.41, 5.74) is 0.691. The van der Waals surface area contributed by atoms with Crippen molar-refractivity contribution in [3.05, 3.63) is 20.7 Å². The number of hydrogen-bond donors (Lipinski definition) is 2. The van der Waals surface area contributed by atoms with E-state index in [-0.39, 0.29) is 17.3 Å². The molecule has 1 aromatic heterocycles. The molecule has 0 aliphatic carbocycles. The maximum absolute atomic E-state index is 11.7. The number of carboxylic acids is 1. The zero-order valence-electron chi connectivity index (χ0n) is 10.5. The number of rotatable bonds is 5. The molecule has 18 heavy (non-hydrogen) atoms. The Morgan fingerprint density at radius 1 is 1.50 bits per heavy atom. The van der Waals surface area contributed by atoms with Gasteiger partial charge in [0.1, 0.15) is 12.6 Å². The van der Waals surface area contributed by atoms with Crippen LogP contribution in [0.3, 0.4) is 0 Å². The Labute approximate surface area is 108 Å². The maximum Gasteiger partial charge on any atom is 0.326 e. The van der Waals surface area contributed by atoms with Crippen molar-refractivity contribution in [2.45, 2.75) is 33.4 Å². The van der Waals surface area contributed by atoms with E-state index >= 15 is 0 Å². The van der Waals surface area contributed by atoms with Crippen LogP contribution in [0.5, 0.6) is 0 Å². The molecule has 0 saturated heterocycles. The molecule has 100 valence electrons. The molecule has 0 bridgehead atoms. The Bertz CT molecular complexity index is 503. The summed E-state index contributed by atoms with van der Waals surface area (Å²) in [6.45, 7) is 5.00. The number of carbonyl (C=O) groups is 2. The number of aromatic nitrogens is 1. The molecular weight excluding hydrogens is 256 g/mol. The molecule has 1 heterocycles. The SMILES string of the molecule is Cc1csc(=O)n1CC(=O)NC(C(=O)O)C(C)C. The van der Waals surface area contributed by atoms with Crippen molar-refractivity contribution in [1.29, 1.82) is 0 Å². The fourth-order valence-electron chi connectivity index (χ4n) is 1.47. The predicted molar refractivity (Wildman–Crippen MR) is 67.7 cm³/mol. The lowest BCUT2D eigenvalue weighted by Crippen LogP contribution is -2.46. The summed E-state index contributed by atoms with van der Waals surface area (Å²) in [7, 11) is 0. The second-order valence-electron chi connectivity index (χ2n) is 4.36. The van der Waals surface area contributed by atoms with Gasteiger partial charge in [-0.25, -0.2) is 4.79 Å². The lowest BCUT2D eigenvalue weighted by Gasteiger charge is -2.18. The maximum atomic E-state index is 11.7. The van der Waals surface area contributed by atoms with Gasteiger partial charge in [-0.3, -0.25) is 14.2 Å². The first-order valence-electron chi connectivity index (χ1n) is 5.50. The topological polar surface area (TPSA) is 88.4 Å². The third-order valence-corrected chi connectivity index (χ3v) is 3.41. The van der Waals surface area contributed by atoms with Crippen molar-refractivity contribution < 1.29 is 14.7 Å². The van der Waals surface area contributed by atoms with E-state index in [1.807, 2.05) is 0 Å². The highest BCUT2D eigenvalue weighted by Gasteiger charge is 2.23. The van der Waals surface area contributed by atoms with Gasteiger partial charge in [-0.05, 0) is 12.8 Å². The van der Waals surface area contributed by atoms with Crippen molar-refractivity contribution in [3.63, 3.8) is 0 Å². The molecule has 1 atom stereocenters. The Morgan fingerprint density at radius 3 is 2.50 bits per heavy atom. The summed E-state index contributed by atoms with van der Waals surface area (Å²) < 4.78 is 1.32. The first-order chi connectivity index (χ1) is 8.32. The number of carboxylic acid groups (broad SMARTS) is 1. The van der Waals surface area contributed by atoms with E-state index in [1.165, 1.54) is 4.57 Å². The molecule has 1 rings (SSSR count). The summed E-state index contributed by atoms with van der Waals surface area (Å²) in [5.74, 6) is -1.76. The normalized spacial score (nSPS) is 12.4. The molecule has 1 amide bonds. The molecule has 7 heteroatoms. The molecule has 0 aliphatic heterocycles. The Morgan fingerprint density at radius 2 is 2.11 bits per heavy atom. The summed E-state index contributed by atoms with van der Waals surface area (Å²) in [5, 5.41) is 13.0. The van der Waals surface area contributed by atoms with Crippen molar-refractivity contribution in [3.8, 4) is 0 Å². The monoisotopic (exact) mass is 272 g/mol. The highest BCUT2D eigenvalue weighted by atomic mass is 32.1. The summed E-state index contributed by atoms with van der Waals surface area (Å²) in [4.78, 5) is 33.8. The number of nitrogens with one attached hydrogen (secondary N) is 1. The number of hydrogen-bond acceptors (Lipinski definition) is 4. The minimum atomic E-state index is -1.08. The average molecular weight is 272 g/mol. The molecule has 1 aromatic rings. The van der Waals surface area contributed by atoms with Crippen LogP contribution in [0, 0.1) is 12.8 Å². The van der Waals surface area contributed by atoms with Crippen LogP contribution in [0.2, 0.25) is 0 Å². The van der Waals surface area contributed by atoms with Crippen molar-refractivity contribution >= 4 is 23.2 Å². The molecule has 0 saturated carbocycles. The molecule has 0 aromatic carbocycles. The average Bonchev–Trinajstić information content (AvgIpc) is 2.56. The first kappa shape index (κ1) is 14.4. The first-order valence-corrected chi connectivity index (χ1v) is 6.38. The second-order valence-corrected chi connectivity index (χ2v) is 5.18. The van der Waals surface area contributed by atoms with Gasteiger partial charge in [-0.15, -0.1) is 0 Å². The van der Waals surface area contributed by atoms with Crippen molar-refractivity contribution in [2.75, 3.05) is 0 Å². The van der Waals surface area contributed by atoms with Crippen LogP contribution in [0.15, 0.2) is 10.2 Å². The third kappa shape index (κ3) is 3.43. The standard InChI is InChI=1S/C11H16N2O4S/c1-6(2)9(10(15)16)12-8(14)4-13-7(3)5-18-11(13)17/h5-6,9H,4H2,1-3H3,(H,12,14)(H,15,16). The Kier molecular flexibility index (Phi) is 4.66. The van der Waals surface area contributed by atoms with E-state index in [0.29, 0.717) is 5.69 Å². The van der Waals surface area contributed by atoms with Gasteiger partial charge >= 0.3 is 10.8 Å². The minimum Gasteiger partial charge on any atom is -0.480 e. The Balaban J connectivity index is 2.73. The molecule has 0 fully saturated rings. The van der Waals surface area contributed by atoms with Gasteiger partial charge in [-0.1, -0.05) is 25.2 Å². The zero-order valence-corrected chi connectivity index (χ0v) is 11.3. The number of aliphatic carboxylic acids is 1. The van der Waals surface area contributed by atoms with E-state index in [0.717, 1.165) is 11.3 Å². The molecule has 0 spiro atoms. The van der Waals surface area contributed by atoms with E-state index < -0.39 is 17.9 Å².